The summed E-state index contributed by atoms with van der Waals surface area (Å²) in [6.45, 7) is 2.55. The quantitative estimate of drug-likeness (QED) is 0.470. The standard InChI is InChI=1S/C24H24ClN3O3S/c1-14-20-7-5-11-27(20)22-18(16-6-3-4-8-21(16)32-22)13-28(14)24(30)26-19-12-15(25)9-10-17(19)23(29)31-2/h5,7,9-12,14H,3-4,6,8,13H2,1-2H3,(H,26,30). The Morgan fingerprint density at radius 1 is 1.19 bits per heavy atom. The average molecular weight is 470 g/mol. The molecule has 0 saturated carbocycles. The summed E-state index contributed by atoms with van der Waals surface area (Å²) < 4.78 is 7.10. The molecule has 32 heavy (non-hydrogen) atoms. The van der Waals surface area contributed by atoms with Crippen molar-refractivity contribution in [1.29, 1.82) is 0 Å². The van der Waals surface area contributed by atoms with Gasteiger partial charge in [0.2, 0.25) is 0 Å². The smallest absolute Gasteiger partial charge is 0.339 e. The van der Waals surface area contributed by atoms with E-state index in [1.165, 1.54) is 41.0 Å². The molecule has 3 heterocycles. The number of carbonyl (C=O) groups is 2. The maximum Gasteiger partial charge on any atom is 0.339 e. The predicted octanol–water partition coefficient (Wildman–Crippen LogP) is 5.97. The molecule has 6 nitrogen and oxygen atoms in total. The Balaban J connectivity index is 1.54. The Kier molecular flexibility index (Phi) is 5.47. The van der Waals surface area contributed by atoms with Crippen molar-refractivity contribution in [2.45, 2.75) is 45.2 Å². The molecule has 1 aromatic carbocycles. The van der Waals surface area contributed by atoms with Crippen molar-refractivity contribution in [2.24, 2.45) is 0 Å². The third kappa shape index (κ3) is 3.49. The summed E-state index contributed by atoms with van der Waals surface area (Å²) in [5, 5.41) is 4.57. The van der Waals surface area contributed by atoms with Crippen LogP contribution in [0.2, 0.25) is 5.02 Å². The number of carbonyl (C=O) groups excluding carboxylic acids is 2. The number of urea groups is 1. The Bertz CT molecular complexity index is 1220. The van der Waals surface area contributed by atoms with Crippen LogP contribution in [0.1, 0.15) is 57.9 Å². The SMILES string of the molecule is COC(=O)c1ccc(Cl)cc1NC(=O)N1Cc2c(sc3c2CCCC3)-n2cccc2C1C. The van der Waals surface area contributed by atoms with Crippen molar-refractivity contribution >= 4 is 40.6 Å². The maximum atomic E-state index is 13.6. The van der Waals surface area contributed by atoms with E-state index in [0.717, 1.165) is 18.5 Å². The summed E-state index contributed by atoms with van der Waals surface area (Å²) in [6.07, 6.45) is 6.65. The number of hydrogen-bond acceptors (Lipinski definition) is 4. The van der Waals surface area contributed by atoms with Crippen LogP contribution >= 0.6 is 22.9 Å². The van der Waals surface area contributed by atoms with Crippen LogP contribution in [0.15, 0.2) is 36.5 Å². The number of fused-ring (bicyclic) bond motifs is 5. The second kappa shape index (κ2) is 8.30. The number of rotatable bonds is 2. The van der Waals surface area contributed by atoms with Gasteiger partial charge in [0.25, 0.3) is 0 Å². The first kappa shape index (κ1) is 21.1. The van der Waals surface area contributed by atoms with E-state index in [1.807, 2.05) is 29.2 Å². The van der Waals surface area contributed by atoms with Gasteiger partial charge < -0.3 is 19.5 Å². The summed E-state index contributed by atoms with van der Waals surface area (Å²) in [7, 11) is 1.31. The lowest BCUT2D eigenvalue weighted by Gasteiger charge is -2.28. The summed E-state index contributed by atoms with van der Waals surface area (Å²) in [4.78, 5) is 29.0. The lowest BCUT2D eigenvalue weighted by atomic mass is 9.95. The highest BCUT2D eigenvalue weighted by Gasteiger charge is 2.33. The molecule has 3 aromatic rings. The molecule has 1 atom stereocenters. The average Bonchev–Trinajstić information content (AvgIpc) is 3.39. The van der Waals surface area contributed by atoms with Gasteiger partial charge in [0, 0.05) is 27.4 Å². The van der Waals surface area contributed by atoms with Gasteiger partial charge >= 0.3 is 12.0 Å². The number of methoxy groups -OCH3 is 1. The normalized spacial score (nSPS) is 17.1. The number of benzene rings is 1. The first-order valence-corrected chi connectivity index (χ1v) is 11.9. The number of hydrogen-bond donors (Lipinski definition) is 1. The van der Waals surface area contributed by atoms with Crippen LogP contribution in [0.3, 0.4) is 0 Å². The molecule has 8 heteroatoms. The van der Waals surface area contributed by atoms with Crippen LogP contribution in [0, 0.1) is 0 Å². The molecule has 166 valence electrons. The number of thiophene rings is 1. The zero-order valence-corrected chi connectivity index (χ0v) is 19.6. The van der Waals surface area contributed by atoms with Gasteiger partial charge in [-0.2, -0.15) is 0 Å². The number of halogens is 1. The van der Waals surface area contributed by atoms with Gasteiger partial charge in [-0.3, -0.25) is 0 Å². The van der Waals surface area contributed by atoms with E-state index in [-0.39, 0.29) is 17.6 Å². The molecule has 0 spiro atoms. The number of amides is 2. The molecule has 2 aromatic heterocycles. The van der Waals surface area contributed by atoms with Gasteiger partial charge in [0.1, 0.15) is 5.00 Å². The first-order valence-electron chi connectivity index (χ1n) is 10.7. The monoisotopic (exact) mass is 469 g/mol. The molecule has 1 unspecified atom stereocenters. The van der Waals surface area contributed by atoms with E-state index < -0.39 is 5.97 Å². The van der Waals surface area contributed by atoms with E-state index in [1.54, 1.807) is 18.2 Å². The molecule has 0 fully saturated rings. The van der Waals surface area contributed by atoms with Crippen molar-refractivity contribution in [2.75, 3.05) is 12.4 Å². The number of aryl methyl sites for hydroxylation is 1. The number of aromatic nitrogens is 1. The first-order chi connectivity index (χ1) is 15.5. The fraction of sp³-hybridized carbons (Fsp3) is 0.333. The van der Waals surface area contributed by atoms with Crippen molar-refractivity contribution in [1.82, 2.24) is 9.47 Å². The molecule has 1 aliphatic carbocycles. The van der Waals surface area contributed by atoms with Crippen LogP contribution in [0.5, 0.6) is 0 Å². The largest absolute Gasteiger partial charge is 0.465 e. The van der Waals surface area contributed by atoms with E-state index in [4.69, 9.17) is 16.3 Å². The molecule has 5 rings (SSSR count). The van der Waals surface area contributed by atoms with Gasteiger partial charge in [0.05, 0.1) is 30.9 Å². The summed E-state index contributed by atoms with van der Waals surface area (Å²) >= 11 is 8.01. The fourth-order valence-electron chi connectivity index (χ4n) is 4.70. The minimum atomic E-state index is -0.524. The number of anilines is 1. The maximum absolute atomic E-state index is 13.6. The zero-order valence-electron chi connectivity index (χ0n) is 18.0. The zero-order chi connectivity index (χ0) is 22.4. The van der Waals surface area contributed by atoms with E-state index in [2.05, 4.69) is 22.1 Å². The van der Waals surface area contributed by atoms with Crippen LogP contribution in [-0.2, 0) is 24.1 Å². The minimum absolute atomic E-state index is 0.149. The number of ether oxygens (including phenoxy) is 1. The van der Waals surface area contributed by atoms with Crippen LogP contribution < -0.4 is 5.32 Å². The molecule has 2 aliphatic rings. The second-order valence-electron chi connectivity index (χ2n) is 8.21. The molecule has 0 saturated heterocycles. The molecule has 0 bridgehead atoms. The van der Waals surface area contributed by atoms with Gasteiger partial charge in [0.15, 0.2) is 0 Å². The molecule has 1 aliphatic heterocycles. The Morgan fingerprint density at radius 3 is 2.81 bits per heavy atom. The highest BCUT2D eigenvalue weighted by molar-refractivity contribution is 7.15. The molecular weight excluding hydrogens is 446 g/mol. The van der Waals surface area contributed by atoms with Gasteiger partial charge in [-0.15, -0.1) is 11.3 Å². The third-order valence-electron chi connectivity index (χ3n) is 6.37. The van der Waals surface area contributed by atoms with E-state index >= 15 is 0 Å². The van der Waals surface area contributed by atoms with Crippen molar-refractivity contribution in [3.63, 3.8) is 0 Å². The van der Waals surface area contributed by atoms with E-state index in [9.17, 15) is 9.59 Å². The van der Waals surface area contributed by atoms with Crippen molar-refractivity contribution < 1.29 is 14.3 Å². The highest BCUT2D eigenvalue weighted by Crippen LogP contribution is 2.42. The summed E-state index contributed by atoms with van der Waals surface area (Å²) in [6, 6.07) is 8.42. The number of esters is 1. The minimum Gasteiger partial charge on any atom is -0.465 e. The number of nitrogens with zero attached hydrogens (tertiary/aromatic N) is 2. The fourth-order valence-corrected chi connectivity index (χ4v) is 6.28. The van der Waals surface area contributed by atoms with Crippen molar-refractivity contribution in [3.05, 3.63) is 68.8 Å². The van der Waals surface area contributed by atoms with Crippen molar-refractivity contribution in [3.8, 4) is 5.00 Å². The van der Waals surface area contributed by atoms with Crippen LogP contribution in [-0.4, -0.2) is 28.6 Å². The molecular formula is C24H24ClN3O3S. The highest BCUT2D eigenvalue weighted by atomic mass is 35.5. The Morgan fingerprint density at radius 2 is 2.00 bits per heavy atom. The third-order valence-corrected chi connectivity index (χ3v) is 7.94. The van der Waals surface area contributed by atoms with Crippen LogP contribution in [0.4, 0.5) is 10.5 Å². The Labute approximate surface area is 195 Å². The summed E-state index contributed by atoms with van der Waals surface area (Å²) in [5.74, 6) is -0.524. The summed E-state index contributed by atoms with van der Waals surface area (Å²) in [5.41, 5.74) is 4.32. The predicted molar refractivity (Wildman–Crippen MR) is 126 cm³/mol. The van der Waals surface area contributed by atoms with Gasteiger partial charge in [-0.25, -0.2) is 9.59 Å². The van der Waals surface area contributed by atoms with Crippen LogP contribution in [0.25, 0.3) is 5.00 Å². The topological polar surface area (TPSA) is 63.6 Å². The molecule has 2 amide bonds. The number of nitrogens with one attached hydrogen (secondary N) is 1. The second-order valence-corrected chi connectivity index (χ2v) is 9.73. The lowest BCUT2D eigenvalue weighted by Crippen LogP contribution is -2.36. The van der Waals surface area contributed by atoms with Gasteiger partial charge in [-0.1, -0.05) is 11.6 Å². The van der Waals surface area contributed by atoms with E-state index in [0.29, 0.717) is 17.3 Å². The van der Waals surface area contributed by atoms with Gasteiger partial charge in [-0.05, 0) is 68.5 Å². The Hall–Kier alpha value is -2.77. The molecule has 0 radical (unpaired) electrons. The lowest BCUT2D eigenvalue weighted by molar-refractivity contribution is 0.0602. The molecule has 1 N–H and O–H groups in total.